The van der Waals surface area contributed by atoms with Gasteiger partial charge in [0.25, 0.3) is 0 Å². The SMILES string of the molecule is CC(C)C[C@H](NC(=O)CNC(=O)[C@H](CC(C)C)NC(=O)[C@H](CCC(N)=O)NC(=O)CN)C(=O)N[C@@H](C)C(=O)O. The number of rotatable bonds is 18. The second kappa shape index (κ2) is 17.7. The van der Waals surface area contributed by atoms with Gasteiger partial charge in [-0.15, -0.1) is 0 Å². The third-order valence-electron chi connectivity index (χ3n) is 5.37. The quantitative estimate of drug-likeness (QED) is 0.0882. The molecule has 0 fully saturated rings. The summed E-state index contributed by atoms with van der Waals surface area (Å²) in [5.41, 5.74) is 10.4. The van der Waals surface area contributed by atoms with Crippen LogP contribution in [0, 0.1) is 11.8 Å². The molecular formula is C24H43N7O8. The van der Waals surface area contributed by atoms with Crippen molar-refractivity contribution in [2.45, 2.75) is 84.5 Å². The first kappa shape index (κ1) is 35.2. The highest BCUT2D eigenvalue weighted by Crippen LogP contribution is 2.08. The molecule has 0 unspecified atom stereocenters. The number of carboxylic acid groups (broad SMARTS) is 1. The summed E-state index contributed by atoms with van der Waals surface area (Å²) in [7, 11) is 0. The molecule has 4 atom stereocenters. The topological polar surface area (TPSA) is 252 Å². The molecule has 222 valence electrons. The Kier molecular flexibility index (Phi) is 16.0. The van der Waals surface area contributed by atoms with Crippen molar-refractivity contribution in [3.63, 3.8) is 0 Å². The summed E-state index contributed by atoms with van der Waals surface area (Å²) in [5.74, 6) is -5.40. The monoisotopic (exact) mass is 557 g/mol. The second-order valence-corrected chi connectivity index (χ2v) is 10.1. The molecular weight excluding hydrogens is 514 g/mol. The minimum atomic E-state index is -1.23. The average Bonchev–Trinajstić information content (AvgIpc) is 2.82. The highest BCUT2D eigenvalue weighted by Gasteiger charge is 2.29. The van der Waals surface area contributed by atoms with E-state index in [1.807, 2.05) is 27.7 Å². The third-order valence-corrected chi connectivity index (χ3v) is 5.37. The highest BCUT2D eigenvalue weighted by atomic mass is 16.4. The predicted molar refractivity (Wildman–Crippen MR) is 140 cm³/mol. The lowest BCUT2D eigenvalue weighted by molar-refractivity contribution is -0.141. The summed E-state index contributed by atoms with van der Waals surface area (Å²) in [5, 5.41) is 21.1. The average molecular weight is 558 g/mol. The van der Waals surface area contributed by atoms with E-state index in [4.69, 9.17) is 16.6 Å². The van der Waals surface area contributed by atoms with Gasteiger partial charge >= 0.3 is 5.97 Å². The van der Waals surface area contributed by atoms with E-state index >= 15 is 0 Å². The summed E-state index contributed by atoms with van der Waals surface area (Å²) in [6, 6.07) is -4.43. The lowest BCUT2D eigenvalue weighted by Gasteiger charge is -2.24. The van der Waals surface area contributed by atoms with Gasteiger partial charge in [-0.2, -0.15) is 0 Å². The highest BCUT2D eigenvalue weighted by molar-refractivity contribution is 5.95. The summed E-state index contributed by atoms with van der Waals surface area (Å²) < 4.78 is 0. The van der Waals surface area contributed by atoms with Crippen molar-refractivity contribution in [3.05, 3.63) is 0 Å². The van der Waals surface area contributed by atoms with Crippen molar-refractivity contribution in [2.24, 2.45) is 23.3 Å². The minimum Gasteiger partial charge on any atom is -0.480 e. The Hall–Kier alpha value is -3.75. The van der Waals surface area contributed by atoms with Crippen LogP contribution in [-0.2, 0) is 33.6 Å². The summed E-state index contributed by atoms with van der Waals surface area (Å²) in [6.07, 6.45) is 0.120. The summed E-state index contributed by atoms with van der Waals surface area (Å²) >= 11 is 0. The van der Waals surface area contributed by atoms with Gasteiger partial charge in [-0.1, -0.05) is 27.7 Å². The molecule has 15 nitrogen and oxygen atoms in total. The van der Waals surface area contributed by atoms with Crippen LogP contribution in [0.25, 0.3) is 0 Å². The fraction of sp³-hybridized carbons (Fsp3) is 0.708. The molecule has 0 spiro atoms. The molecule has 0 aromatic heterocycles. The number of nitrogens with one attached hydrogen (secondary N) is 5. The van der Waals surface area contributed by atoms with Crippen molar-refractivity contribution in [2.75, 3.05) is 13.1 Å². The molecule has 0 aromatic rings. The Morgan fingerprint density at radius 3 is 1.64 bits per heavy atom. The van der Waals surface area contributed by atoms with Crippen LogP contribution in [0.2, 0.25) is 0 Å². The zero-order chi connectivity index (χ0) is 30.3. The summed E-state index contributed by atoms with van der Waals surface area (Å²) in [4.78, 5) is 84.7. The van der Waals surface area contributed by atoms with Crippen molar-refractivity contribution >= 4 is 41.4 Å². The molecule has 0 bridgehead atoms. The Balaban J connectivity index is 5.35. The van der Waals surface area contributed by atoms with Gasteiger partial charge in [0.05, 0.1) is 13.1 Å². The maximum Gasteiger partial charge on any atom is 0.325 e. The molecule has 15 heteroatoms. The van der Waals surface area contributed by atoms with Crippen LogP contribution < -0.4 is 38.1 Å². The predicted octanol–water partition coefficient (Wildman–Crippen LogP) is -2.54. The van der Waals surface area contributed by atoms with Crippen LogP contribution in [0.3, 0.4) is 0 Å². The molecule has 0 heterocycles. The number of aliphatic carboxylic acids is 1. The van der Waals surface area contributed by atoms with Gasteiger partial charge in [-0.3, -0.25) is 33.6 Å². The first-order valence-corrected chi connectivity index (χ1v) is 12.8. The van der Waals surface area contributed by atoms with Crippen molar-refractivity contribution in [1.82, 2.24) is 26.6 Å². The molecule has 0 aliphatic heterocycles. The van der Waals surface area contributed by atoms with Crippen LogP contribution >= 0.6 is 0 Å². The Morgan fingerprint density at radius 2 is 1.18 bits per heavy atom. The number of carboxylic acids is 1. The van der Waals surface area contributed by atoms with Crippen molar-refractivity contribution in [3.8, 4) is 0 Å². The van der Waals surface area contributed by atoms with Crippen molar-refractivity contribution in [1.29, 1.82) is 0 Å². The minimum absolute atomic E-state index is 0.0105. The van der Waals surface area contributed by atoms with Gasteiger partial charge in [0.2, 0.25) is 35.4 Å². The zero-order valence-electron chi connectivity index (χ0n) is 23.2. The molecule has 10 N–H and O–H groups in total. The zero-order valence-corrected chi connectivity index (χ0v) is 23.2. The van der Waals surface area contributed by atoms with Crippen LogP contribution in [0.4, 0.5) is 0 Å². The van der Waals surface area contributed by atoms with Gasteiger partial charge < -0.3 is 43.2 Å². The maximum absolute atomic E-state index is 12.9. The normalized spacial score (nSPS) is 13.9. The van der Waals surface area contributed by atoms with Crippen LogP contribution in [0.1, 0.15) is 60.3 Å². The molecule has 0 rings (SSSR count). The molecule has 0 radical (unpaired) electrons. The lowest BCUT2D eigenvalue weighted by atomic mass is 10.0. The molecule has 0 saturated heterocycles. The first-order chi connectivity index (χ1) is 18.1. The molecule has 0 saturated carbocycles. The first-order valence-electron chi connectivity index (χ1n) is 12.8. The Labute approximate surface area is 227 Å². The van der Waals surface area contributed by atoms with Crippen LogP contribution in [0.15, 0.2) is 0 Å². The van der Waals surface area contributed by atoms with E-state index in [0.717, 1.165) is 0 Å². The van der Waals surface area contributed by atoms with E-state index in [0.29, 0.717) is 0 Å². The Bertz CT molecular complexity index is 894. The third kappa shape index (κ3) is 15.3. The van der Waals surface area contributed by atoms with Crippen LogP contribution in [0.5, 0.6) is 0 Å². The van der Waals surface area contributed by atoms with E-state index in [-0.39, 0.29) is 37.5 Å². The van der Waals surface area contributed by atoms with E-state index in [2.05, 4.69) is 26.6 Å². The van der Waals surface area contributed by atoms with E-state index in [1.165, 1.54) is 6.92 Å². The number of primary amides is 1. The standard InChI is InChI=1S/C24H43N7O8/c1-12(2)8-16(31-22(36)15(6-7-18(26)32)29-19(33)10-25)21(35)27-11-20(34)30-17(9-13(3)4)23(37)28-14(5)24(38)39/h12-17H,6-11,25H2,1-5H3,(H2,26,32)(H,27,35)(H,28,37)(H,29,33)(H,30,34)(H,31,36)(H,38,39)/t14-,15-,16-,17-/m0/s1. The summed E-state index contributed by atoms with van der Waals surface area (Å²) in [6.45, 7) is 7.64. The molecule has 0 aliphatic carbocycles. The number of carbonyl (C=O) groups excluding carboxylic acids is 6. The number of hydrogen-bond acceptors (Lipinski definition) is 8. The molecule has 0 aliphatic rings. The number of hydrogen-bond donors (Lipinski definition) is 8. The molecule has 39 heavy (non-hydrogen) atoms. The van der Waals surface area contributed by atoms with Gasteiger partial charge in [-0.25, -0.2) is 0 Å². The fourth-order valence-electron chi connectivity index (χ4n) is 3.40. The van der Waals surface area contributed by atoms with E-state index in [9.17, 15) is 33.6 Å². The van der Waals surface area contributed by atoms with Gasteiger partial charge in [0.1, 0.15) is 24.2 Å². The Morgan fingerprint density at radius 1 is 0.692 bits per heavy atom. The van der Waals surface area contributed by atoms with Gasteiger partial charge in [0.15, 0.2) is 0 Å². The number of nitrogens with two attached hydrogens (primary N) is 2. The number of amides is 6. The largest absolute Gasteiger partial charge is 0.480 e. The van der Waals surface area contributed by atoms with Crippen molar-refractivity contribution < 1.29 is 38.7 Å². The molecule has 6 amide bonds. The second-order valence-electron chi connectivity index (χ2n) is 10.1. The maximum atomic E-state index is 12.9. The fourth-order valence-corrected chi connectivity index (χ4v) is 3.40. The number of carbonyl (C=O) groups is 7. The van der Waals surface area contributed by atoms with Gasteiger partial charge in [-0.05, 0) is 38.0 Å². The van der Waals surface area contributed by atoms with E-state index in [1.54, 1.807) is 0 Å². The lowest BCUT2D eigenvalue weighted by Crippen LogP contribution is -2.56. The van der Waals surface area contributed by atoms with Gasteiger partial charge in [0, 0.05) is 6.42 Å². The van der Waals surface area contributed by atoms with Crippen LogP contribution in [-0.4, -0.2) is 83.8 Å². The van der Waals surface area contributed by atoms with E-state index < -0.39 is 78.7 Å². The molecule has 0 aromatic carbocycles. The smallest absolute Gasteiger partial charge is 0.325 e.